The van der Waals surface area contributed by atoms with E-state index < -0.39 is 11.6 Å². The number of hydrazone groups is 1. The van der Waals surface area contributed by atoms with E-state index in [0.29, 0.717) is 0 Å². The summed E-state index contributed by atoms with van der Waals surface area (Å²) in [6.07, 6.45) is 1.14. The smallest absolute Gasteiger partial charge is 0.137 e. The molecule has 64 valence electrons. The Morgan fingerprint density at radius 1 is 1.42 bits per heavy atom. The molecule has 1 aromatic carbocycles. The van der Waals surface area contributed by atoms with E-state index in [-0.39, 0.29) is 11.1 Å². The summed E-state index contributed by atoms with van der Waals surface area (Å²) < 4.78 is 25.7. The minimum Gasteiger partial charge on any atom is -0.323 e. The molecule has 0 unspecified atom stereocenters. The van der Waals surface area contributed by atoms with Crippen LogP contribution < -0.4 is 5.84 Å². The first-order chi connectivity index (χ1) is 5.66. The van der Waals surface area contributed by atoms with Crippen molar-refractivity contribution in [3.63, 3.8) is 0 Å². The fourth-order valence-corrected chi connectivity index (χ4v) is 0.862. The second-order valence-corrected chi connectivity index (χ2v) is 2.35. The number of nitrogens with two attached hydrogens (primary N) is 1. The van der Waals surface area contributed by atoms with Gasteiger partial charge in [-0.3, -0.25) is 0 Å². The van der Waals surface area contributed by atoms with Gasteiger partial charge in [0, 0.05) is 11.1 Å². The van der Waals surface area contributed by atoms with Crippen molar-refractivity contribution >= 4 is 6.21 Å². The van der Waals surface area contributed by atoms with Gasteiger partial charge in [-0.15, -0.1) is 0 Å². The van der Waals surface area contributed by atoms with Crippen molar-refractivity contribution in [2.24, 2.45) is 10.9 Å². The van der Waals surface area contributed by atoms with Gasteiger partial charge in [-0.1, -0.05) is 0 Å². The Kier molecular flexibility index (Phi) is 2.38. The molecule has 4 heteroatoms. The first-order valence-electron chi connectivity index (χ1n) is 3.34. The van der Waals surface area contributed by atoms with Gasteiger partial charge in [-0.05, 0) is 19.1 Å². The monoisotopic (exact) mass is 170 g/mol. The van der Waals surface area contributed by atoms with Crippen LogP contribution in [0, 0.1) is 18.6 Å². The summed E-state index contributed by atoms with van der Waals surface area (Å²) in [4.78, 5) is 0. The van der Waals surface area contributed by atoms with Gasteiger partial charge in [0.25, 0.3) is 0 Å². The van der Waals surface area contributed by atoms with Crippen LogP contribution in [-0.2, 0) is 0 Å². The zero-order chi connectivity index (χ0) is 9.14. The Morgan fingerprint density at radius 3 is 2.67 bits per heavy atom. The molecule has 0 atom stereocenters. The van der Waals surface area contributed by atoms with E-state index in [1.807, 2.05) is 0 Å². The molecule has 0 amide bonds. The van der Waals surface area contributed by atoms with E-state index >= 15 is 0 Å². The fourth-order valence-electron chi connectivity index (χ4n) is 0.862. The molecule has 0 saturated carbocycles. The van der Waals surface area contributed by atoms with E-state index in [9.17, 15) is 8.78 Å². The maximum Gasteiger partial charge on any atom is 0.137 e. The lowest BCUT2D eigenvalue weighted by Crippen LogP contribution is -1.96. The van der Waals surface area contributed by atoms with Crippen LogP contribution in [0.1, 0.15) is 11.1 Å². The largest absolute Gasteiger partial charge is 0.323 e. The van der Waals surface area contributed by atoms with Gasteiger partial charge in [0.15, 0.2) is 0 Å². The van der Waals surface area contributed by atoms with Crippen molar-refractivity contribution in [1.82, 2.24) is 0 Å². The predicted octanol–water partition coefficient (Wildman–Crippen LogP) is 1.57. The molecular formula is C8H8F2N2. The maximum atomic E-state index is 13.1. The highest BCUT2D eigenvalue weighted by molar-refractivity contribution is 5.80. The highest BCUT2D eigenvalue weighted by Gasteiger charge is 2.07. The number of rotatable bonds is 1. The molecule has 1 rings (SSSR count). The molecule has 0 aliphatic carbocycles. The zero-order valence-corrected chi connectivity index (χ0v) is 6.51. The molecule has 0 bridgehead atoms. The number of hydrogen-bond donors (Lipinski definition) is 1. The van der Waals surface area contributed by atoms with Crippen molar-refractivity contribution in [1.29, 1.82) is 0 Å². The Bertz CT molecular complexity index is 321. The van der Waals surface area contributed by atoms with Crippen molar-refractivity contribution in [3.05, 3.63) is 34.9 Å². The topological polar surface area (TPSA) is 38.4 Å². The van der Waals surface area contributed by atoms with Gasteiger partial charge in [-0.25, -0.2) is 8.78 Å². The summed E-state index contributed by atoms with van der Waals surface area (Å²) in [6.45, 7) is 1.36. The van der Waals surface area contributed by atoms with Crippen LogP contribution in [0.4, 0.5) is 8.78 Å². The number of benzene rings is 1. The second-order valence-electron chi connectivity index (χ2n) is 2.35. The standard InChI is InChI=1S/C8H8F2N2/c1-5-7(9)3-2-6(4-12-11)8(5)10/h2-4H,11H2,1H3. The van der Waals surface area contributed by atoms with E-state index in [2.05, 4.69) is 5.10 Å². The fraction of sp³-hybridized carbons (Fsp3) is 0.125. The first kappa shape index (κ1) is 8.64. The van der Waals surface area contributed by atoms with Crippen LogP contribution in [0.25, 0.3) is 0 Å². The molecule has 1 aromatic rings. The normalized spacial score (nSPS) is 10.9. The number of hydrogen-bond acceptors (Lipinski definition) is 2. The van der Waals surface area contributed by atoms with E-state index in [1.54, 1.807) is 0 Å². The Balaban J connectivity index is 3.26. The van der Waals surface area contributed by atoms with Gasteiger partial charge in [0.2, 0.25) is 0 Å². The summed E-state index contributed by atoms with van der Waals surface area (Å²) in [5.74, 6) is 3.64. The molecule has 0 spiro atoms. The van der Waals surface area contributed by atoms with E-state index in [0.717, 1.165) is 6.21 Å². The van der Waals surface area contributed by atoms with Crippen molar-refractivity contribution in [2.45, 2.75) is 6.92 Å². The van der Waals surface area contributed by atoms with Crippen LogP contribution in [0.15, 0.2) is 17.2 Å². The highest BCUT2D eigenvalue weighted by atomic mass is 19.1. The third kappa shape index (κ3) is 1.42. The molecule has 12 heavy (non-hydrogen) atoms. The molecule has 2 N–H and O–H groups in total. The molecule has 0 aliphatic rings. The average Bonchev–Trinajstić information content (AvgIpc) is 2.07. The first-order valence-corrected chi connectivity index (χ1v) is 3.34. The van der Waals surface area contributed by atoms with Crippen LogP contribution in [-0.4, -0.2) is 6.21 Å². The molecule has 0 saturated heterocycles. The molecule has 0 aliphatic heterocycles. The minimum absolute atomic E-state index is 0.0209. The van der Waals surface area contributed by atoms with E-state index in [4.69, 9.17) is 5.84 Å². The molecule has 0 fully saturated rings. The summed E-state index contributed by atoms with van der Waals surface area (Å²) in [5, 5.41) is 3.15. The van der Waals surface area contributed by atoms with Crippen LogP contribution in [0.2, 0.25) is 0 Å². The van der Waals surface area contributed by atoms with Crippen molar-refractivity contribution < 1.29 is 8.78 Å². The Morgan fingerprint density at radius 2 is 2.08 bits per heavy atom. The number of halogens is 2. The lowest BCUT2D eigenvalue weighted by Gasteiger charge is -2.00. The summed E-state index contributed by atoms with van der Waals surface area (Å²) in [5.41, 5.74) is 0.170. The number of nitrogens with zero attached hydrogens (tertiary/aromatic N) is 1. The van der Waals surface area contributed by atoms with Crippen LogP contribution in [0.3, 0.4) is 0 Å². The van der Waals surface area contributed by atoms with Crippen LogP contribution >= 0.6 is 0 Å². The quantitative estimate of drug-likeness (QED) is 0.387. The van der Waals surface area contributed by atoms with Gasteiger partial charge in [-0.2, -0.15) is 5.10 Å². The molecular weight excluding hydrogens is 162 g/mol. The third-order valence-corrected chi connectivity index (χ3v) is 1.56. The lowest BCUT2D eigenvalue weighted by molar-refractivity contribution is 0.567. The third-order valence-electron chi connectivity index (χ3n) is 1.56. The summed E-state index contributed by atoms with van der Waals surface area (Å²) >= 11 is 0. The summed E-state index contributed by atoms with van der Waals surface area (Å²) in [6, 6.07) is 2.46. The van der Waals surface area contributed by atoms with Gasteiger partial charge in [0.1, 0.15) is 11.6 Å². The SMILES string of the molecule is Cc1c(F)ccc(C=NN)c1F. The van der Waals surface area contributed by atoms with E-state index in [1.165, 1.54) is 19.1 Å². The average molecular weight is 170 g/mol. The molecule has 2 nitrogen and oxygen atoms in total. The lowest BCUT2D eigenvalue weighted by atomic mass is 10.1. The van der Waals surface area contributed by atoms with Crippen LogP contribution in [0.5, 0.6) is 0 Å². The Hall–Kier alpha value is -1.45. The van der Waals surface area contributed by atoms with Crippen molar-refractivity contribution in [3.8, 4) is 0 Å². The Labute approximate surface area is 68.7 Å². The molecule has 0 aromatic heterocycles. The van der Waals surface area contributed by atoms with Gasteiger partial charge >= 0.3 is 0 Å². The zero-order valence-electron chi connectivity index (χ0n) is 6.51. The van der Waals surface area contributed by atoms with Gasteiger partial charge < -0.3 is 5.84 Å². The minimum atomic E-state index is -0.621. The van der Waals surface area contributed by atoms with Crippen molar-refractivity contribution in [2.75, 3.05) is 0 Å². The predicted molar refractivity (Wildman–Crippen MR) is 42.9 cm³/mol. The maximum absolute atomic E-state index is 13.1. The second kappa shape index (κ2) is 3.30. The van der Waals surface area contributed by atoms with Gasteiger partial charge in [0.05, 0.1) is 6.21 Å². The molecule has 0 radical (unpaired) electrons. The molecule has 0 heterocycles. The summed E-state index contributed by atoms with van der Waals surface area (Å²) in [7, 11) is 0. The highest BCUT2D eigenvalue weighted by Crippen LogP contribution is 2.13.